The zero-order valence-corrected chi connectivity index (χ0v) is 22.5. The smallest absolute Gasteiger partial charge is 0.459 e. The summed E-state index contributed by atoms with van der Waals surface area (Å²) in [6.07, 6.45) is -3.83. The lowest BCUT2D eigenvalue weighted by Gasteiger charge is -2.25. The van der Waals surface area contributed by atoms with E-state index in [0.717, 1.165) is 29.3 Å². The van der Waals surface area contributed by atoms with Gasteiger partial charge in [0, 0.05) is 12.3 Å². The van der Waals surface area contributed by atoms with E-state index >= 15 is 4.39 Å². The number of ether oxygens (including phenoxy) is 2. The number of alkyl halides is 1. The molecule has 1 fully saturated rings. The molecule has 3 N–H and O–H groups in total. The molecular formula is C26H29FN3O9P. The number of nitrogens with zero attached hydrogens (tertiary/aromatic N) is 1. The first kappa shape index (κ1) is 29.4. The van der Waals surface area contributed by atoms with Gasteiger partial charge >= 0.3 is 19.4 Å². The Morgan fingerprint density at radius 3 is 2.48 bits per heavy atom. The quantitative estimate of drug-likeness (QED) is 0.228. The van der Waals surface area contributed by atoms with Gasteiger partial charge in [0.2, 0.25) is 0 Å². The van der Waals surface area contributed by atoms with E-state index in [2.05, 4.69) is 5.09 Å². The molecule has 0 bridgehead atoms. The largest absolute Gasteiger partial charge is 0.460 e. The summed E-state index contributed by atoms with van der Waals surface area (Å²) in [5, 5.41) is 13.1. The number of H-pyrrole nitrogens is 1. The van der Waals surface area contributed by atoms with Crippen LogP contribution in [0.25, 0.3) is 0 Å². The Morgan fingerprint density at radius 1 is 1.18 bits per heavy atom. The van der Waals surface area contributed by atoms with Crippen molar-refractivity contribution in [3.05, 3.63) is 99.3 Å². The molecule has 2 aromatic carbocycles. The van der Waals surface area contributed by atoms with Crippen molar-refractivity contribution >= 4 is 13.7 Å². The number of aromatic amines is 1. The molecule has 4 rings (SSSR count). The highest BCUT2D eigenvalue weighted by molar-refractivity contribution is 7.52. The number of esters is 1. The lowest BCUT2D eigenvalue weighted by Crippen LogP contribution is -2.43. The molecule has 3 aromatic rings. The van der Waals surface area contributed by atoms with Crippen LogP contribution in [-0.2, 0) is 30.0 Å². The van der Waals surface area contributed by atoms with E-state index in [9.17, 15) is 24.1 Å². The average molecular weight is 578 g/mol. The van der Waals surface area contributed by atoms with Gasteiger partial charge in [-0.1, -0.05) is 48.5 Å². The second-order valence-corrected chi connectivity index (χ2v) is 11.0. The number of carbonyl (C=O) groups is 1. The SMILES string of the molecule is C[C@H](NP(=O)(OC[C@H]1O[C@@H](n2ccc(=O)[nH]c2=O)[C@@](C)(F)[C@@H]1O)Oc1ccccc1)C(=O)OCc1ccccc1. The fraction of sp³-hybridized carbons (Fsp3) is 0.346. The Kier molecular flexibility index (Phi) is 9.02. The van der Waals surface area contributed by atoms with Crippen LogP contribution in [0.1, 0.15) is 25.6 Å². The zero-order chi connectivity index (χ0) is 28.9. The molecule has 14 heteroatoms. The lowest BCUT2D eigenvalue weighted by atomic mass is 9.98. The second-order valence-electron chi connectivity index (χ2n) is 9.28. The van der Waals surface area contributed by atoms with Gasteiger partial charge in [-0.3, -0.25) is 23.7 Å². The van der Waals surface area contributed by atoms with Gasteiger partial charge in [-0.15, -0.1) is 0 Å². The first-order chi connectivity index (χ1) is 19.0. The number of para-hydroxylation sites is 1. The van der Waals surface area contributed by atoms with Crippen molar-refractivity contribution in [1.82, 2.24) is 14.6 Å². The molecule has 0 aliphatic carbocycles. The highest BCUT2D eigenvalue weighted by atomic mass is 31.2. The first-order valence-corrected chi connectivity index (χ1v) is 13.8. The maximum absolute atomic E-state index is 15.5. The molecule has 214 valence electrons. The minimum absolute atomic E-state index is 0.0148. The minimum atomic E-state index is -4.36. The second kappa shape index (κ2) is 12.3. The third-order valence-corrected chi connectivity index (χ3v) is 7.77. The van der Waals surface area contributed by atoms with Gasteiger partial charge in [-0.05, 0) is 31.5 Å². The maximum Gasteiger partial charge on any atom is 0.459 e. The Labute approximate surface area is 228 Å². The number of hydrogen-bond donors (Lipinski definition) is 3. The minimum Gasteiger partial charge on any atom is -0.460 e. The van der Waals surface area contributed by atoms with Gasteiger partial charge in [-0.25, -0.2) is 13.8 Å². The molecule has 1 aliphatic heterocycles. The van der Waals surface area contributed by atoms with E-state index in [4.69, 9.17) is 18.5 Å². The molecule has 12 nitrogen and oxygen atoms in total. The van der Waals surface area contributed by atoms with Crippen LogP contribution in [0.15, 0.2) is 82.5 Å². The first-order valence-electron chi connectivity index (χ1n) is 12.3. The topological polar surface area (TPSA) is 158 Å². The van der Waals surface area contributed by atoms with E-state index in [1.54, 1.807) is 42.5 Å². The number of halogens is 1. The molecule has 6 atom stereocenters. The highest BCUT2D eigenvalue weighted by Crippen LogP contribution is 2.47. The summed E-state index contributed by atoms with van der Waals surface area (Å²) in [6, 6.07) is 16.8. The van der Waals surface area contributed by atoms with Gasteiger partial charge in [0.15, 0.2) is 11.9 Å². The zero-order valence-electron chi connectivity index (χ0n) is 21.6. The van der Waals surface area contributed by atoms with Crippen molar-refractivity contribution < 1.29 is 37.4 Å². The van der Waals surface area contributed by atoms with Crippen molar-refractivity contribution in [3.63, 3.8) is 0 Å². The summed E-state index contributed by atoms with van der Waals surface area (Å²) in [4.78, 5) is 38.2. The number of aliphatic hydroxyl groups excluding tert-OH is 1. The molecular weight excluding hydrogens is 548 g/mol. The molecule has 0 radical (unpaired) electrons. The van der Waals surface area contributed by atoms with Crippen LogP contribution in [0.2, 0.25) is 0 Å². The molecule has 1 unspecified atom stereocenters. The van der Waals surface area contributed by atoms with Crippen LogP contribution in [0.3, 0.4) is 0 Å². The standard InChI is InChI=1S/C26H29FN3O9P/c1-17(23(33)36-15-18-9-5-3-6-10-18)29-40(35,39-19-11-7-4-8-12-19)37-16-20-22(32)26(2,27)24(38-20)30-14-13-21(31)28-25(30)34/h3-14,17,20,22,24,32H,15-16H2,1-2H3,(H,29,35)(H,28,31,34)/t17-,20+,22+,24+,26-,40?/m0/s1. The maximum atomic E-state index is 15.5. The number of benzene rings is 2. The third-order valence-electron chi connectivity index (χ3n) is 6.13. The monoisotopic (exact) mass is 577 g/mol. The van der Waals surface area contributed by atoms with Gasteiger partial charge < -0.3 is 19.1 Å². The van der Waals surface area contributed by atoms with Crippen LogP contribution < -0.4 is 20.9 Å². The van der Waals surface area contributed by atoms with Crippen molar-refractivity contribution in [2.75, 3.05) is 6.61 Å². The fourth-order valence-electron chi connectivity index (χ4n) is 3.99. The van der Waals surface area contributed by atoms with Crippen LogP contribution in [0, 0.1) is 0 Å². The molecule has 1 aliphatic rings. The number of rotatable bonds is 11. The van der Waals surface area contributed by atoms with Crippen LogP contribution in [-0.4, -0.2) is 51.2 Å². The lowest BCUT2D eigenvalue weighted by molar-refractivity contribution is -0.146. The summed E-state index contributed by atoms with van der Waals surface area (Å²) in [6.45, 7) is 1.75. The number of carbonyl (C=O) groups excluding carboxylic acids is 1. The predicted molar refractivity (Wildman–Crippen MR) is 140 cm³/mol. The van der Waals surface area contributed by atoms with Crippen molar-refractivity contribution in [1.29, 1.82) is 0 Å². The molecule has 0 amide bonds. The summed E-state index contributed by atoms with van der Waals surface area (Å²) in [5.41, 5.74) is -3.39. The normalized spacial score (nSPS) is 24.6. The van der Waals surface area contributed by atoms with Crippen molar-refractivity contribution in [2.24, 2.45) is 0 Å². The van der Waals surface area contributed by atoms with Crippen LogP contribution in [0.5, 0.6) is 5.75 Å². The average Bonchev–Trinajstić information content (AvgIpc) is 3.15. The van der Waals surface area contributed by atoms with E-state index in [1.165, 1.54) is 19.1 Å². The van der Waals surface area contributed by atoms with E-state index in [-0.39, 0.29) is 12.4 Å². The fourth-order valence-corrected chi connectivity index (χ4v) is 5.49. The van der Waals surface area contributed by atoms with Gasteiger partial charge in [0.25, 0.3) is 5.56 Å². The number of hydrogen-bond acceptors (Lipinski definition) is 9. The molecule has 2 heterocycles. The Bertz CT molecular complexity index is 1470. The molecule has 40 heavy (non-hydrogen) atoms. The predicted octanol–water partition coefficient (Wildman–Crippen LogP) is 2.45. The van der Waals surface area contributed by atoms with E-state index in [0.29, 0.717) is 0 Å². The number of aliphatic hydroxyl groups is 1. The molecule has 1 saturated heterocycles. The molecule has 0 saturated carbocycles. The number of nitrogens with one attached hydrogen (secondary N) is 2. The summed E-state index contributed by atoms with van der Waals surface area (Å²) in [5.74, 6) is -0.598. The summed E-state index contributed by atoms with van der Waals surface area (Å²) < 4.78 is 52.0. The molecule has 1 aromatic heterocycles. The van der Waals surface area contributed by atoms with Gasteiger partial charge in [0.1, 0.15) is 30.6 Å². The third kappa shape index (κ3) is 6.93. The molecule has 0 spiro atoms. The van der Waals surface area contributed by atoms with Gasteiger partial charge in [0.05, 0.1) is 6.61 Å². The van der Waals surface area contributed by atoms with Crippen LogP contribution >= 0.6 is 7.75 Å². The number of aromatic nitrogens is 2. The van der Waals surface area contributed by atoms with E-state index in [1.807, 2.05) is 11.1 Å². The van der Waals surface area contributed by atoms with Crippen molar-refractivity contribution in [3.8, 4) is 5.75 Å². The Balaban J connectivity index is 1.48. The highest BCUT2D eigenvalue weighted by Gasteiger charge is 2.55. The van der Waals surface area contributed by atoms with Crippen LogP contribution in [0.4, 0.5) is 4.39 Å². The Morgan fingerprint density at radius 2 is 1.82 bits per heavy atom. The van der Waals surface area contributed by atoms with Crippen molar-refractivity contribution in [2.45, 2.75) is 50.6 Å². The van der Waals surface area contributed by atoms with Gasteiger partial charge in [-0.2, -0.15) is 5.09 Å². The van der Waals surface area contributed by atoms with E-state index < -0.39 is 61.7 Å². The Hall–Kier alpha value is -3.61. The summed E-state index contributed by atoms with van der Waals surface area (Å²) in [7, 11) is -4.36. The summed E-state index contributed by atoms with van der Waals surface area (Å²) >= 11 is 0.